The van der Waals surface area contributed by atoms with Gasteiger partial charge in [0.15, 0.2) is 23.1 Å². The first-order valence-electron chi connectivity index (χ1n) is 9.10. The molecule has 30 heavy (non-hydrogen) atoms. The van der Waals surface area contributed by atoms with E-state index in [1.54, 1.807) is 39.0 Å². The topological polar surface area (TPSA) is 88.1 Å². The first kappa shape index (κ1) is 21.8. The number of fused-ring (bicyclic) bond motifs is 2. The van der Waals surface area contributed by atoms with Crippen LogP contribution in [0.3, 0.4) is 0 Å². The van der Waals surface area contributed by atoms with E-state index < -0.39 is 17.5 Å². The summed E-state index contributed by atoms with van der Waals surface area (Å²) in [4.78, 5) is 38.9. The third kappa shape index (κ3) is 3.79. The number of benzene rings is 2. The molecule has 0 aliphatic heterocycles. The van der Waals surface area contributed by atoms with Crippen molar-refractivity contribution in [3.63, 3.8) is 0 Å². The van der Waals surface area contributed by atoms with E-state index in [0.29, 0.717) is 11.3 Å². The summed E-state index contributed by atoms with van der Waals surface area (Å²) in [6.45, 7) is 5.11. The van der Waals surface area contributed by atoms with Crippen molar-refractivity contribution in [3.05, 3.63) is 52.1 Å². The third-order valence-corrected chi connectivity index (χ3v) is 5.02. The fourth-order valence-corrected chi connectivity index (χ4v) is 3.81. The Bertz CT molecular complexity index is 1050. The number of methoxy groups -OCH3 is 2. The molecule has 0 fully saturated rings. The zero-order valence-corrected chi connectivity index (χ0v) is 18.8. The molecule has 0 radical (unpaired) electrons. The normalized spacial score (nSPS) is 12.7. The lowest BCUT2D eigenvalue weighted by Crippen LogP contribution is -2.27. The van der Waals surface area contributed by atoms with Gasteiger partial charge in [0.1, 0.15) is 11.4 Å². The second kappa shape index (κ2) is 8.10. The van der Waals surface area contributed by atoms with Gasteiger partial charge in [0.2, 0.25) is 0 Å². The van der Waals surface area contributed by atoms with Gasteiger partial charge in [-0.2, -0.15) is 0 Å². The smallest absolute Gasteiger partial charge is 0.496 e. The van der Waals surface area contributed by atoms with Gasteiger partial charge in [0, 0.05) is 27.6 Å². The molecule has 0 amide bonds. The van der Waals surface area contributed by atoms with E-state index in [0.717, 1.165) is 0 Å². The minimum absolute atomic E-state index is 0.0156. The first-order chi connectivity index (χ1) is 14.1. The highest BCUT2D eigenvalue weighted by Gasteiger charge is 2.37. The van der Waals surface area contributed by atoms with Crippen LogP contribution in [-0.2, 0) is 10.1 Å². The van der Waals surface area contributed by atoms with Crippen molar-refractivity contribution >= 4 is 33.7 Å². The van der Waals surface area contributed by atoms with Crippen molar-refractivity contribution in [3.8, 4) is 17.2 Å². The van der Waals surface area contributed by atoms with E-state index in [1.807, 2.05) is 0 Å². The summed E-state index contributed by atoms with van der Waals surface area (Å²) in [7, 11) is 2.81. The number of hydrogen-bond donors (Lipinski definition) is 0. The number of rotatable bonds is 4. The molecule has 0 saturated heterocycles. The molecule has 8 heteroatoms. The second-order valence-electron chi connectivity index (χ2n) is 7.55. The molecule has 0 bridgehead atoms. The van der Waals surface area contributed by atoms with E-state index in [2.05, 4.69) is 15.9 Å². The van der Waals surface area contributed by atoms with Crippen LogP contribution in [0.15, 0.2) is 24.3 Å². The highest BCUT2D eigenvalue weighted by atomic mass is 79.9. The van der Waals surface area contributed by atoms with Crippen molar-refractivity contribution < 1.29 is 33.3 Å². The molecule has 0 spiro atoms. The summed E-state index contributed by atoms with van der Waals surface area (Å²) in [6, 6.07) is 6.25. The van der Waals surface area contributed by atoms with E-state index in [9.17, 15) is 14.4 Å². The Morgan fingerprint density at radius 2 is 1.63 bits per heavy atom. The minimum Gasteiger partial charge on any atom is -0.496 e. The average Bonchev–Trinajstić information content (AvgIpc) is 2.69. The Balaban J connectivity index is 2.22. The Labute approximate surface area is 182 Å². The molecule has 0 N–H and O–H groups in total. The van der Waals surface area contributed by atoms with E-state index in [1.165, 1.54) is 20.3 Å². The number of halogens is 1. The maximum absolute atomic E-state index is 13.4. The van der Waals surface area contributed by atoms with Crippen molar-refractivity contribution in [2.75, 3.05) is 14.2 Å². The minimum atomic E-state index is -0.949. The number of ether oxygens (including phenoxy) is 4. The summed E-state index contributed by atoms with van der Waals surface area (Å²) in [5, 5.41) is 0.133. The predicted molar refractivity (Wildman–Crippen MR) is 112 cm³/mol. The highest BCUT2D eigenvalue weighted by molar-refractivity contribution is 9.08. The second-order valence-corrected chi connectivity index (χ2v) is 8.11. The quantitative estimate of drug-likeness (QED) is 0.306. The number of ketones is 2. The summed E-state index contributed by atoms with van der Waals surface area (Å²) in [6.07, 6.45) is -0.949. The molecule has 0 aromatic heterocycles. The van der Waals surface area contributed by atoms with Gasteiger partial charge in [-0.3, -0.25) is 9.59 Å². The monoisotopic (exact) mass is 476 g/mol. The Hall–Kier alpha value is -2.87. The van der Waals surface area contributed by atoms with Crippen LogP contribution in [0.1, 0.15) is 58.2 Å². The summed E-state index contributed by atoms with van der Waals surface area (Å²) < 4.78 is 21.3. The molecule has 0 heterocycles. The molecule has 1 aliphatic carbocycles. The lowest BCUT2D eigenvalue weighted by molar-refractivity contribution is 0.0199. The lowest BCUT2D eigenvalue weighted by Gasteiger charge is -2.25. The molecule has 0 atom stereocenters. The van der Waals surface area contributed by atoms with Gasteiger partial charge >= 0.3 is 6.16 Å². The van der Waals surface area contributed by atoms with E-state index in [-0.39, 0.29) is 44.9 Å². The fourth-order valence-electron chi connectivity index (χ4n) is 3.27. The average molecular weight is 477 g/mol. The van der Waals surface area contributed by atoms with Gasteiger partial charge in [-0.05, 0) is 32.9 Å². The highest BCUT2D eigenvalue weighted by Crippen LogP contribution is 2.43. The molecular weight excluding hydrogens is 456 g/mol. The van der Waals surface area contributed by atoms with Gasteiger partial charge in [-0.25, -0.2) is 4.79 Å². The van der Waals surface area contributed by atoms with Crippen molar-refractivity contribution in [2.24, 2.45) is 0 Å². The number of carbonyl (C=O) groups excluding carboxylic acids is 3. The van der Waals surface area contributed by atoms with Crippen LogP contribution in [-0.4, -0.2) is 37.5 Å². The van der Waals surface area contributed by atoms with Crippen LogP contribution in [0, 0.1) is 0 Å². The summed E-state index contributed by atoms with van der Waals surface area (Å²) >= 11 is 3.34. The maximum atomic E-state index is 13.4. The molecule has 158 valence electrons. The molecule has 2 aromatic rings. The van der Waals surface area contributed by atoms with E-state index in [4.69, 9.17) is 18.9 Å². The third-order valence-electron chi connectivity index (χ3n) is 4.46. The SMILES string of the molecule is COc1cc2c(c(CBr)c1OC(=O)OC(C)(C)C)C(=O)c1c(OC)cccc1C2=O. The molecule has 0 unspecified atom stereocenters. The molecular formula is C22H21BrO7. The summed E-state index contributed by atoms with van der Waals surface area (Å²) in [5.41, 5.74) is 0.260. The Kier molecular flexibility index (Phi) is 5.90. The maximum Gasteiger partial charge on any atom is 0.514 e. The van der Waals surface area contributed by atoms with Crippen LogP contribution in [0.2, 0.25) is 0 Å². The van der Waals surface area contributed by atoms with Gasteiger partial charge in [-0.1, -0.05) is 28.1 Å². The van der Waals surface area contributed by atoms with Crippen molar-refractivity contribution in [1.82, 2.24) is 0 Å². The lowest BCUT2D eigenvalue weighted by atomic mass is 9.81. The van der Waals surface area contributed by atoms with Crippen LogP contribution in [0.25, 0.3) is 0 Å². The van der Waals surface area contributed by atoms with Gasteiger partial charge in [-0.15, -0.1) is 0 Å². The zero-order chi connectivity index (χ0) is 22.2. The van der Waals surface area contributed by atoms with Gasteiger partial charge in [0.05, 0.1) is 19.8 Å². The molecule has 2 aromatic carbocycles. The largest absolute Gasteiger partial charge is 0.514 e. The predicted octanol–water partition coefficient (Wildman–Crippen LogP) is 4.69. The molecule has 7 nitrogen and oxygen atoms in total. The van der Waals surface area contributed by atoms with Gasteiger partial charge < -0.3 is 18.9 Å². The molecule has 0 saturated carbocycles. The van der Waals surface area contributed by atoms with E-state index >= 15 is 0 Å². The fraction of sp³-hybridized carbons (Fsp3) is 0.318. The van der Waals surface area contributed by atoms with Crippen LogP contribution in [0.4, 0.5) is 4.79 Å². The van der Waals surface area contributed by atoms with Crippen LogP contribution in [0.5, 0.6) is 17.2 Å². The number of hydrogen-bond acceptors (Lipinski definition) is 7. The Morgan fingerprint density at radius 1 is 0.967 bits per heavy atom. The Morgan fingerprint density at radius 3 is 2.20 bits per heavy atom. The standard InChI is InChI=1S/C22H21BrO7/c1-22(2,3)30-21(26)29-20-13(10-23)16-12(9-15(20)28-5)18(24)11-7-6-8-14(27-4)17(11)19(16)25/h6-9H,10H2,1-5H3. The number of alkyl halides is 1. The first-order valence-corrected chi connectivity index (χ1v) is 10.2. The van der Waals surface area contributed by atoms with Gasteiger partial charge in [0.25, 0.3) is 0 Å². The van der Waals surface area contributed by atoms with Crippen LogP contribution >= 0.6 is 15.9 Å². The van der Waals surface area contributed by atoms with Crippen LogP contribution < -0.4 is 14.2 Å². The summed E-state index contributed by atoms with van der Waals surface area (Å²) in [5.74, 6) is -0.295. The number of carbonyl (C=O) groups is 3. The van der Waals surface area contributed by atoms with Crippen molar-refractivity contribution in [1.29, 1.82) is 0 Å². The zero-order valence-electron chi connectivity index (χ0n) is 17.3. The van der Waals surface area contributed by atoms with Crippen molar-refractivity contribution in [2.45, 2.75) is 31.7 Å². The molecule has 1 aliphatic rings. The molecule has 3 rings (SSSR count).